The number of halogens is 1. The fraction of sp³-hybridized carbons (Fsp3) is 0.389. The number of benzene rings is 1. The molecular weight excluding hydrogens is 351 g/mol. The van der Waals surface area contributed by atoms with Gasteiger partial charge in [-0.05, 0) is 18.1 Å². The third kappa shape index (κ3) is 3.92. The van der Waals surface area contributed by atoms with Crippen LogP contribution < -0.4 is 15.8 Å². The number of methoxy groups -OCH3 is 1. The Hall–Kier alpha value is -2.94. The van der Waals surface area contributed by atoms with Gasteiger partial charge in [-0.2, -0.15) is 9.37 Å². The second-order valence-electron chi connectivity index (χ2n) is 6.16. The van der Waals surface area contributed by atoms with Crippen molar-refractivity contribution in [1.29, 1.82) is 0 Å². The highest BCUT2D eigenvalue weighted by Crippen LogP contribution is 2.27. The molecule has 27 heavy (non-hydrogen) atoms. The summed E-state index contributed by atoms with van der Waals surface area (Å²) in [6, 6.07) is 5.35. The molecule has 0 radical (unpaired) electrons. The Balaban J connectivity index is 2.04. The van der Waals surface area contributed by atoms with E-state index in [0.717, 1.165) is 24.0 Å². The van der Waals surface area contributed by atoms with Gasteiger partial charge in [0.25, 0.3) is 5.95 Å². The number of ether oxygens (including phenoxy) is 1. The third-order valence-electron chi connectivity index (χ3n) is 4.24. The lowest BCUT2D eigenvalue weighted by atomic mass is 10.1. The number of hydrogen-bond acceptors (Lipinski definition) is 7. The Morgan fingerprint density at radius 3 is 2.85 bits per heavy atom. The highest BCUT2D eigenvalue weighted by atomic mass is 19.1. The number of unbranched alkanes of at least 4 members (excludes halogenated alkanes) is 1. The van der Waals surface area contributed by atoms with E-state index in [9.17, 15) is 9.50 Å². The standard InChI is InChI=1S/C18H23FN6O2/c1-3-4-7-21-17-15-14(22-18(20)23-17)16(19)24-25(15)9-12-6-5-11(10-26)8-13(12)27-2/h5-6,8,26H,3-4,7,9-10H2,1-2H3,(H3,20,21,22,23). The molecule has 0 bridgehead atoms. The van der Waals surface area contributed by atoms with Crippen LogP contribution in [0.4, 0.5) is 16.2 Å². The highest BCUT2D eigenvalue weighted by Gasteiger charge is 2.19. The minimum absolute atomic E-state index is 0.00942. The molecule has 0 aliphatic carbocycles. The molecule has 0 unspecified atom stereocenters. The van der Waals surface area contributed by atoms with Crippen molar-refractivity contribution in [3.63, 3.8) is 0 Å². The lowest BCUT2D eigenvalue weighted by Crippen LogP contribution is -2.10. The van der Waals surface area contributed by atoms with Gasteiger partial charge in [-0.25, -0.2) is 4.98 Å². The summed E-state index contributed by atoms with van der Waals surface area (Å²) in [6.07, 6.45) is 1.96. The van der Waals surface area contributed by atoms with Crippen molar-refractivity contribution in [2.75, 3.05) is 24.7 Å². The number of hydrogen-bond donors (Lipinski definition) is 3. The minimum Gasteiger partial charge on any atom is -0.496 e. The van der Waals surface area contributed by atoms with Crippen molar-refractivity contribution < 1.29 is 14.2 Å². The van der Waals surface area contributed by atoms with Gasteiger partial charge >= 0.3 is 0 Å². The minimum atomic E-state index is -0.705. The van der Waals surface area contributed by atoms with Gasteiger partial charge in [0.2, 0.25) is 5.95 Å². The summed E-state index contributed by atoms with van der Waals surface area (Å²) in [5.41, 5.74) is 7.77. The maximum absolute atomic E-state index is 14.4. The van der Waals surface area contributed by atoms with Crippen LogP contribution in [-0.4, -0.2) is 38.5 Å². The summed E-state index contributed by atoms with van der Waals surface area (Å²) in [4.78, 5) is 8.22. The van der Waals surface area contributed by atoms with Crippen LogP contribution in [0.15, 0.2) is 18.2 Å². The molecule has 2 heterocycles. The van der Waals surface area contributed by atoms with Crippen LogP contribution in [0.25, 0.3) is 11.0 Å². The van der Waals surface area contributed by atoms with Crippen molar-refractivity contribution in [3.8, 4) is 5.75 Å². The topological polar surface area (TPSA) is 111 Å². The third-order valence-corrected chi connectivity index (χ3v) is 4.24. The molecule has 4 N–H and O–H groups in total. The second kappa shape index (κ2) is 8.17. The molecule has 0 aliphatic heterocycles. The molecule has 0 amide bonds. The first-order valence-corrected chi connectivity index (χ1v) is 8.77. The summed E-state index contributed by atoms with van der Waals surface area (Å²) < 4.78 is 21.3. The molecule has 0 spiro atoms. The van der Waals surface area contributed by atoms with Gasteiger partial charge in [0, 0.05) is 12.1 Å². The maximum atomic E-state index is 14.4. The molecule has 8 nitrogen and oxygen atoms in total. The fourth-order valence-corrected chi connectivity index (χ4v) is 2.86. The quantitative estimate of drug-likeness (QED) is 0.519. The summed E-state index contributed by atoms with van der Waals surface area (Å²) in [5, 5.41) is 16.5. The highest BCUT2D eigenvalue weighted by molar-refractivity contribution is 5.87. The average Bonchev–Trinajstić information content (AvgIpc) is 2.97. The van der Waals surface area contributed by atoms with Gasteiger partial charge in [0.15, 0.2) is 11.3 Å². The first-order valence-electron chi connectivity index (χ1n) is 8.77. The molecule has 3 aromatic rings. The summed E-state index contributed by atoms with van der Waals surface area (Å²) in [5.74, 6) is 0.323. The zero-order chi connectivity index (χ0) is 19.4. The van der Waals surface area contributed by atoms with Crippen LogP contribution in [0.1, 0.15) is 30.9 Å². The lowest BCUT2D eigenvalue weighted by Gasteiger charge is -2.12. The number of nitrogens with zero attached hydrogens (tertiary/aromatic N) is 4. The Bertz CT molecular complexity index is 943. The number of aromatic nitrogens is 4. The van der Waals surface area contributed by atoms with E-state index in [0.29, 0.717) is 23.6 Å². The van der Waals surface area contributed by atoms with E-state index in [1.54, 1.807) is 19.2 Å². The Morgan fingerprint density at radius 2 is 2.15 bits per heavy atom. The molecule has 9 heteroatoms. The number of nitrogens with two attached hydrogens (primary N) is 1. The van der Waals surface area contributed by atoms with Gasteiger partial charge in [-0.3, -0.25) is 4.68 Å². The monoisotopic (exact) mass is 374 g/mol. The van der Waals surface area contributed by atoms with Gasteiger partial charge < -0.3 is 20.9 Å². The van der Waals surface area contributed by atoms with Gasteiger partial charge in [-0.15, -0.1) is 5.10 Å². The van der Waals surface area contributed by atoms with Gasteiger partial charge in [0.05, 0.1) is 20.3 Å². The van der Waals surface area contributed by atoms with E-state index in [1.807, 2.05) is 6.07 Å². The number of anilines is 2. The SMILES string of the molecule is CCCCNc1nc(N)nc2c(F)nn(Cc3ccc(CO)cc3OC)c12. The summed E-state index contributed by atoms with van der Waals surface area (Å²) >= 11 is 0. The van der Waals surface area contributed by atoms with Crippen molar-refractivity contribution in [3.05, 3.63) is 35.3 Å². The summed E-state index contributed by atoms with van der Waals surface area (Å²) in [6.45, 7) is 2.93. The molecule has 0 saturated heterocycles. The predicted octanol–water partition coefficient (Wildman–Crippen LogP) is 2.31. The number of aliphatic hydroxyl groups is 1. The van der Waals surface area contributed by atoms with Gasteiger partial charge in [0.1, 0.15) is 11.3 Å². The molecule has 144 valence electrons. The Kier molecular flexibility index (Phi) is 5.70. The lowest BCUT2D eigenvalue weighted by molar-refractivity contribution is 0.281. The number of nitrogen functional groups attached to an aromatic ring is 1. The van der Waals surface area contributed by atoms with Crippen LogP contribution in [0.2, 0.25) is 0 Å². The smallest absolute Gasteiger partial charge is 0.259 e. The van der Waals surface area contributed by atoms with Crippen LogP contribution in [0.3, 0.4) is 0 Å². The number of aliphatic hydroxyl groups excluding tert-OH is 1. The van der Waals surface area contributed by atoms with Crippen molar-refractivity contribution >= 4 is 22.8 Å². The zero-order valence-corrected chi connectivity index (χ0v) is 15.4. The van der Waals surface area contributed by atoms with E-state index in [-0.39, 0.29) is 24.6 Å². The van der Waals surface area contributed by atoms with Crippen LogP contribution in [-0.2, 0) is 13.2 Å². The molecule has 2 aromatic heterocycles. The van der Waals surface area contributed by atoms with Crippen LogP contribution in [0, 0.1) is 5.95 Å². The Morgan fingerprint density at radius 1 is 1.33 bits per heavy atom. The molecule has 0 saturated carbocycles. The Labute approximate surface area is 156 Å². The number of rotatable bonds is 8. The first-order chi connectivity index (χ1) is 13.1. The van der Waals surface area contributed by atoms with E-state index in [1.165, 1.54) is 4.68 Å². The van der Waals surface area contributed by atoms with E-state index < -0.39 is 5.95 Å². The average molecular weight is 374 g/mol. The van der Waals surface area contributed by atoms with Crippen LogP contribution in [0.5, 0.6) is 5.75 Å². The first kappa shape index (κ1) is 18.8. The zero-order valence-electron chi connectivity index (χ0n) is 15.4. The van der Waals surface area contributed by atoms with Crippen molar-refractivity contribution in [2.24, 2.45) is 0 Å². The number of fused-ring (bicyclic) bond motifs is 1. The molecule has 0 fully saturated rings. The number of nitrogens with one attached hydrogen (secondary N) is 1. The summed E-state index contributed by atoms with van der Waals surface area (Å²) in [7, 11) is 1.54. The molecular formula is C18H23FN6O2. The van der Waals surface area contributed by atoms with E-state index in [2.05, 4.69) is 27.3 Å². The van der Waals surface area contributed by atoms with Crippen LogP contribution >= 0.6 is 0 Å². The molecule has 0 atom stereocenters. The normalized spacial score (nSPS) is 11.1. The molecule has 0 aliphatic rings. The van der Waals surface area contributed by atoms with E-state index >= 15 is 0 Å². The van der Waals surface area contributed by atoms with Crippen molar-refractivity contribution in [2.45, 2.75) is 32.9 Å². The molecule has 1 aromatic carbocycles. The van der Waals surface area contributed by atoms with E-state index in [4.69, 9.17) is 10.5 Å². The maximum Gasteiger partial charge on any atom is 0.259 e. The van der Waals surface area contributed by atoms with Gasteiger partial charge in [-0.1, -0.05) is 25.5 Å². The molecule has 3 rings (SSSR count). The fourth-order valence-electron chi connectivity index (χ4n) is 2.86. The predicted molar refractivity (Wildman–Crippen MR) is 101 cm³/mol. The van der Waals surface area contributed by atoms with Crippen molar-refractivity contribution in [1.82, 2.24) is 19.7 Å². The largest absolute Gasteiger partial charge is 0.496 e. The second-order valence-corrected chi connectivity index (χ2v) is 6.16.